The molecule has 0 radical (unpaired) electrons. The zero-order valence-corrected chi connectivity index (χ0v) is 22.6. The Morgan fingerprint density at radius 3 is 2.47 bits per heavy atom. The van der Waals surface area contributed by atoms with Crippen LogP contribution in [-0.4, -0.2) is 27.2 Å². The Kier molecular flexibility index (Phi) is 7.79. The van der Waals surface area contributed by atoms with Gasteiger partial charge in [0, 0.05) is 47.2 Å². The molecule has 0 aliphatic heterocycles. The van der Waals surface area contributed by atoms with E-state index in [4.69, 9.17) is 20.6 Å². The Bertz CT molecular complexity index is 1340. The van der Waals surface area contributed by atoms with E-state index in [9.17, 15) is 23.5 Å². The number of Topliss-reactive ketones (excluding diaryl/α,β-unsaturated/α-hetero) is 1. The van der Waals surface area contributed by atoms with Crippen molar-refractivity contribution in [2.24, 2.45) is 5.41 Å². The van der Waals surface area contributed by atoms with Gasteiger partial charge in [-0.05, 0) is 49.3 Å². The molecule has 2 aromatic heterocycles. The van der Waals surface area contributed by atoms with Crippen LogP contribution in [0.3, 0.4) is 0 Å². The number of carboxylic acids is 1. The zero-order chi connectivity index (χ0) is 27.8. The molecule has 1 aliphatic carbocycles. The Labute approximate surface area is 224 Å². The van der Waals surface area contributed by atoms with Gasteiger partial charge in [-0.15, -0.1) is 0 Å². The second kappa shape index (κ2) is 10.6. The SMILES string of the molecule is Cc1ccc(CC(=O)CC(CCC(=O)O)c2onc(-c3cc(C(F)(F)C(C)(C)C)on3)c2C2CC2)c(Cl)c1. The van der Waals surface area contributed by atoms with Crippen molar-refractivity contribution in [1.29, 1.82) is 0 Å². The molecule has 3 aromatic rings. The molecule has 204 valence electrons. The van der Waals surface area contributed by atoms with Crippen LogP contribution in [0.15, 0.2) is 33.3 Å². The first-order valence-electron chi connectivity index (χ1n) is 12.6. The summed E-state index contributed by atoms with van der Waals surface area (Å²) in [4.78, 5) is 24.5. The Morgan fingerprint density at radius 2 is 1.87 bits per heavy atom. The Hall–Kier alpha value is -3.07. The van der Waals surface area contributed by atoms with Gasteiger partial charge in [0.15, 0.2) is 0 Å². The standard InChI is InChI=1S/C28H31ClF2N2O5/c1-15-5-6-17(20(29)11-15)12-19(34)13-18(9-10-23(35)36)26-24(16-7-8-16)25(33-38-26)21-14-22(37-32-21)28(30,31)27(2,3)4/h5-6,11,14,16,18H,7-10,12-13H2,1-4H3,(H,35,36). The number of aliphatic carboxylic acids is 1. The molecule has 10 heteroatoms. The van der Waals surface area contributed by atoms with Crippen molar-refractivity contribution >= 4 is 23.4 Å². The minimum atomic E-state index is -3.27. The first kappa shape index (κ1) is 28.0. The highest BCUT2D eigenvalue weighted by molar-refractivity contribution is 6.31. The number of benzene rings is 1. The van der Waals surface area contributed by atoms with Gasteiger partial charge >= 0.3 is 11.9 Å². The Morgan fingerprint density at radius 1 is 1.16 bits per heavy atom. The number of rotatable bonds is 11. The van der Waals surface area contributed by atoms with Crippen LogP contribution in [0.25, 0.3) is 11.4 Å². The van der Waals surface area contributed by atoms with Crippen LogP contribution in [0, 0.1) is 12.3 Å². The molecule has 1 N–H and O–H groups in total. The number of halogens is 3. The summed E-state index contributed by atoms with van der Waals surface area (Å²) in [5.74, 6) is -5.05. The van der Waals surface area contributed by atoms with Crippen molar-refractivity contribution in [3.05, 3.63) is 57.5 Å². The predicted octanol–water partition coefficient (Wildman–Crippen LogP) is 7.46. The van der Waals surface area contributed by atoms with Crippen molar-refractivity contribution < 1.29 is 32.5 Å². The third-order valence-corrected chi connectivity index (χ3v) is 7.25. The molecule has 0 amide bonds. The van der Waals surface area contributed by atoms with Gasteiger partial charge in [-0.25, -0.2) is 0 Å². The number of hydrogen-bond acceptors (Lipinski definition) is 6. The van der Waals surface area contributed by atoms with E-state index in [1.54, 1.807) is 12.1 Å². The third-order valence-electron chi connectivity index (χ3n) is 6.89. The molecule has 1 aromatic carbocycles. The molecule has 0 spiro atoms. The number of aryl methyl sites for hydroxylation is 1. The fraction of sp³-hybridized carbons (Fsp3) is 0.500. The minimum Gasteiger partial charge on any atom is -0.481 e. The monoisotopic (exact) mass is 548 g/mol. The molecule has 38 heavy (non-hydrogen) atoms. The second-order valence-electron chi connectivity index (χ2n) is 11.1. The fourth-order valence-electron chi connectivity index (χ4n) is 4.44. The maximum absolute atomic E-state index is 14.9. The van der Waals surface area contributed by atoms with Crippen LogP contribution in [-0.2, 0) is 21.9 Å². The van der Waals surface area contributed by atoms with Crippen LogP contribution in [0.1, 0.15) is 92.9 Å². The van der Waals surface area contributed by atoms with Crippen molar-refractivity contribution in [2.45, 2.75) is 84.0 Å². The maximum atomic E-state index is 14.9. The summed E-state index contributed by atoms with van der Waals surface area (Å²) in [5, 5.41) is 17.8. The smallest absolute Gasteiger partial charge is 0.312 e. The van der Waals surface area contributed by atoms with Crippen LogP contribution in [0.5, 0.6) is 0 Å². The lowest BCUT2D eigenvalue weighted by atomic mass is 9.86. The van der Waals surface area contributed by atoms with E-state index in [1.165, 1.54) is 26.8 Å². The van der Waals surface area contributed by atoms with Gasteiger partial charge < -0.3 is 14.2 Å². The van der Waals surface area contributed by atoms with E-state index in [1.807, 2.05) is 13.0 Å². The van der Waals surface area contributed by atoms with Crippen molar-refractivity contribution in [3.8, 4) is 11.4 Å². The summed E-state index contributed by atoms with van der Waals surface area (Å²) in [5.41, 5.74) is 1.37. The highest BCUT2D eigenvalue weighted by Crippen LogP contribution is 2.50. The fourth-order valence-corrected chi connectivity index (χ4v) is 4.74. The van der Waals surface area contributed by atoms with E-state index in [-0.39, 0.29) is 48.8 Å². The molecule has 7 nitrogen and oxygen atoms in total. The van der Waals surface area contributed by atoms with Crippen LogP contribution < -0.4 is 0 Å². The quantitative estimate of drug-likeness (QED) is 0.265. The van der Waals surface area contributed by atoms with Crippen molar-refractivity contribution in [3.63, 3.8) is 0 Å². The van der Waals surface area contributed by atoms with E-state index in [2.05, 4.69) is 10.3 Å². The maximum Gasteiger partial charge on any atom is 0.312 e. The number of aromatic nitrogens is 2. The van der Waals surface area contributed by atoms with Gasteiger partial charge in [0.2, 0.25) is 5.76 Å². The summed E-state index contributed by atoms with van der Waals surface area (Å²) in [6.07, 6.45) is 1.78. The molecular formula is C28H31ClF2N2O5. The Balaban J connectivity index is 1.64. The lowest BCUT2D eigenvalue weighted by molar-refractivity contribution is -0.137. The molecular weight excluding hydrogens is 518 g/mol. The number of hydrogen-bond donors (Lipinski definition) is 1. The molecule has 1 fully saturated rings. The van der Waals surface area contributed by atoms with Gasteiger partial charge in [0.05, 0.1) is 0 Å². The van der Waals surface area contributed by atoms with Gasteiger partial charge in [0.1, 0.15) is 22.9 Å². The summed E-state index contributed by atoms with van der Waals surface area (Å²) >= 11 is 6.31. The minimum absolute atomic E-state index is 0.0258. The topological polar surface area (TPSA) is 106 Å². The van der Waals surface area contributed by atoms with Crippen LogP contribution in [0.4, 0.5) is 8.78 Å². The first-order valence-corrected chi connectivity index (χ1v) is 13.0. The molecule has 2 heterocycles. The predicted molar refractivity (Wildman–Crippen MR) is 136 cm³/mol. The summed E-state index contributed by atoms with van der Waals surface area (Å²) in [6.45, 7) is 6.13. The highest BCUT2D eigenvalue weighted by Gasteiger charge is 2.48. The third kappa shape index (κ3) is 5.98. The lowest BCUT2D eigenvalue weighted by Crippen LogP contribution is -2.30. The van der Waals surface area contributed by atoms with E-state index < -0.39 is 29.0 Å². The molecule has 4 rings (SSSR count). The summed E-state index contributed by atoms with van der Waals surface area (Å²) in [7, 11) is 0. The molecule has 1 aliphatic rings. The average Bonchev–Trinajstić information content (AvgIpc) is 3.35. The first-order chi connectivity index (χ1) is 17.8. The summed E-state index contributed by atoms with van der Waals surface area (Å²) < 4.78 is 40.5. The summed E-state index contributed by atoms with van der Waals surface area (Å²) in [6, 6.07) is 6.64. The van der Waals surface area contributed by atoms with Gasteiger partial charge in [-0.2, -0.15) is 8.78 Å². The van der Waals surface area contributed by atoms with Crippen molar-refractivity contribution in [1.82, 2.24) is 10.3 Å². The van der Waals surface area contributed by atoms with Gasteiger partial charge in [-0.3, -0.25) is 9.59 Å². The normalized spacial score (nSPS) is 15.0. The number of carbonyl (C=O) groups is 2. The number of nitrogens with zero attached hydrogens (tertiary/aromatic N) is 2. The molecule has 1 atom stereocenters. The second-order valence-corrected chi connectivity index (χ2v) is 11.5. The average molecular weight is 549 g/mol. The molecule has 0 bridgehead atoms. The van der Waals surface area contributed by atoms with E-state index >= 15 is 0 Å². The number of carboxylic acid groups (broad SMARTS) is 1. The van der Waals surface area contributed by atoms with Crippen LogP contribution >= 0.6 is 11.6 Å². The zero-order valence-electron chi connectivity index (χ0n) is 21.8. The highest BCUT2D eigenvalue weighted by atomic mass is 35.5. The van der Waals surface area contributed by atoms with E-state index in [0.29, 0.717) is 21.9 Å². The van der Waals surface area contributed by atoms with E-state index in [0.717, 1.165) is 18.4 Å². The molecule has 1 saturated carbocycles. The largest absolute Gasteiger partial charge is 0.481 e. The van der Waals surface area contributed by atoms with Crippen molar-refractivity contribution in [2.75, 3.05) is 0 Å². The molecule has 0 saturated heterocycles. The number of carbonyl (C=O) groups excluding carboxylic acids is 1. The number of alkyl halides is 2. The van der Waals surface area contributed by atoms with Gasteiger partial charge in [-0.1, -0.05) is 54.8 Å². The molecule has 1 unspecified atom stereocenters. The lowest BCUT2D eigenvalue weighted by Gasteiger charge is -2.27. The van der Waals surface area contributed by atoms with Gasteiger partial charge in [0.25, 0.3) is 0 Å². The van der Waals surface area contributed by atoms with Crippen LogP contribution in [0.2, 0.25) is 5.02 Å². The number of ketones is 1.